The van der Waals surface area contributed by atoms with Crippen LogP contribution in [0.5, 0.6) is 0 Å². The van der Waals surface area contributed by atoms with E-state index in [-0.39, 0.29) is 18.7 Å². The number of aryl methyl sites for hydroxylation is 2. The molecule has 3 aromatic carbocycles. The van der Waals surface area contributed by atoms with Gasteiger partial charge in [-0.3, -0.25) is 4.98 Å². The van der Waals surface area contributed by atoms with E-state index in [1.165, 1.54) is 6.07 Å². The fourth-order valence-electron chi connectivity index (χ4n) is 3.69. The first-order valence-electron chi connectivity index (χ1n) is 10.0. The topological polar surface area (TPSA) is 45.9 Å². The Bertz CT molecular complexity index is 1300. The van der Waals surface area contributed by atoms with Gasteiger partial charge in [-0.2, -0.15) is 5.26 Å². The fourth-order valence-corrected chi connectivity index (χ4v) is 3.69. The van der Waals surface area contributed by atoms with E-state index < -0.39 is 17.2 Å². The first-order chi connectivity index (χ1) is 15.5. The molecule has 0 atom stereocenters. The van der Waals surface area contributed by atoms with Crippen molar-refractivity contribution in [3.05, 3.63) is 100 Å². The number of hydrogen-bond donors (Lipinski definition) is 0. The molecular weight excluding hydrogens is 413 g/mol. The standard InChI is InChI=1S/C26H19F3N2O/c1-32-15-17-3-9-25(31-14-17)20-7-8-21-19(12-20)6-5-18(26(21)29)4-2-16-10-23(27)22(13-30)24(28)11-16/h3,5-12,14H,2,4,15H2,1H3. The Morgan fingerprint density at radius 1 is 0.906 bits per heavy atom. The van der Waals surface area contributed by atoms with Gasteiger partial charge >= 0.3 is 0 Å². The first kappa shape index (κ1) is 21.5. The maximum atomic E-state index is 15.1. The summed E-state index contributed by atoms with van der Waals surface area (Å²) in [5, 5.41) is 9.98. The lowest BCUT2D eigenvalue weighted by molar-refractivity contribution is 0.184. The third kappa shape index (κ3) is 4.34. The number of nitrogens with zero attached hydrogens (tertiary/aromatic N) is 2. The van der Waals surface area contributed by atoms with Crippen LogP contribution in [0.15, 0.2) is 60.8 Å². The van der Waals surface area contributed by atoms with Crippen molar-refractivity contribution in [3.8, 4) is 17.3 Å². The van der Waals surface area contributed by atoms with Crippen molar-refractivity contribution in [1.82, 2.24) is 4.98 Å². The van der Waals surface area contributed by atoms with Crippen molar-refractivity contribution in [2.75, 3.05) is 7.11 Å². The summed E-state index contributed by atoms with van der Waals surface area (Å²) in [5.74, 6) is -2.16. The Morgan fingerprint density at radius 2 is 1.69 bits per heavy atom. The predicted molar refractivity (Wildman–Crippen MR) is 116 cm³/mol. The zero-order chi connectivity index (χ0) is 22.7. The average Bonchev–Trinajstić information content (AvgIpc) is 2.79. The van der Waals surface area contributed by atoms with Gasteiger partial charge in [-0.15, -0.1) is 0 Å². The number of pyridine rings is 1. The fraction of sp³-hybridized carbons (Fsp3) is 0.154. The number of methoxy groups -OCH3 is 1. The second-order valence-electron chi connectivity index (χ2n) is 7.51. The molecule has 0 N–H and O–H groups in total. The monoisotopic (exact) mass is 432 g/mol. The SMILES string of the molecule is COCc1ccc(-c2ccc3c(F)c(CCc4cc(F)c(C#N)c(F)c4)ccc3c2)nc1. The van der Waals surface area contributed by atoms with Crippen LogP contribution in [0.2, 0.25) is 0 Å². The maximum Gasteiger partial charge on any atom is 0.144 e. The molecule has 0 spiro atoms. The molecule has 0 saturated heterocycles. The van der Waals surface area contributed by atoms with Gasteiger partial charge in [0.2, 0.25) is 0 Å². The molecule has 32 heavy (non-hydrogen) atoms. The van der Waals surface area contributed by atoms with E-state index in [1.54, 1.807) is 25.4 Å². The minimum Gasteiger partial charge on any atom is -0.380 e. The highest BCUT2D eigenvalue weighted by Crippen LogP contribution is 2.27. The minimum atomic E-state index is -0.905. The summed E-state index contributed by atoms with van der Waals surface area (Å²) >= 11 is 0. The lowest BCUT2D eigenvalue weighted by Crippen LogP contribution is -1.99. The number of nitriles is 1. The van der Waals surface area contributed by atoms with E-state index in [4.69, 9.17) is 10.00 Å². The van der Waals surface area contributed by atoms with Gasteiger partial charge in [0.15, 0.2) is 0 Å². The maximum absolute atomic E-state index is 15.1. The van der Waals surface area contributed by atoms with Gasteiger partial charge in [-0.05, 0) is 59.2 Å². The zero-order valence-electron chi connectivity index (χ0n) is 17.3. The summed E-state index contributed by atoms with van der Waals surface area (Å²) in [4.78, 5) is 4.45. The molecule has 0 aliphatic heterocycles. The lowest BCUT2D eigenvalue weighted by Gasteiger charge is -2.10. The third-order valence-corrected chi connectivity index (χ3v) is 5.36. The molecule has 1 heterocycles. The quantitative estimate of drug-likeness (QED) is 0.369. The highest BCUT2D eigenvalue weighted by Gasteiger charge is 2.13. The molecule has 6 heteroatoms. The minimum absolute atomic E-state index is 0.248. The summed E-state index contributed by atoms with van der Waals surface area (Å²) in [6, 6.07) is 16.5. The van der Waals surface area contributed by atoms with Crippen LogP contribution in [-0.4, -0.2) is 12.1 Å². The Labute approximate surface area is 183 Å². The zero-order valence-corrected chi connectivity index (χ0v) is 17.3. The second kappa shape index (κ2) is 9.21. The van der Waals surface area contributed by atoms with Crippen molar-refractivity contribution in [1.29, 1.82) is 5.26 Å². The number of aromatic nitrogens is 1. The van der Waals surface area contributed by atoms with Crippen LogP contribution in [0.25, 0.3) is 22.0 Å². The average molecular weight is 432 g/mol. The molecule has 0 amide bonds. The van der Waals surface area contributed by atoms with Crippen molar-refractivity contribution >= 4 is 10.8 Å². The Hall–Kier alpha value is -3.69. The molecule has 0 fully saturated rings. The number of benzene rings is 3. The van der Waals surface area contributed by atoms with Crippen LogP contribution in [0.1, 0.15) is 22.3 Å². The highest BCUT2D eigenvalue weighted by atomic mass is 19.1. The highest BCUT2D eigenvalue weighted by molar-refractivity contribution is 5.88. The normalized spacial score (nSPS) is 11.0. The number of ether oxygens (including phenoxy) is 1. The smallest absolute Gasteiger partial charge is 0.144 e. The van der Waals surface area contributed by atoms with Crippen LogP contribution in [0.3, 0.4) is 0 Å². The molecule has 3 nitrogen and oxygen atoms in total. The summed E-state index contributed by atoms with van der Waals surface area (Å²) < 4.78 is 47.8. The van der Waals surface area contributed by atoms with Gasteiger partial charge < -0.3 is 4.74 Å². The molecule has 4 rings (SSSR count). The van der Waals surface area contributed by atoms with Crippen molar-refractivity contribution in [2.45, 2.75) is 19.4 Å². The number of rotatable bonds is 6. The van der Waals surface area contributed by atoms with Gasteiger partial charge in [0.25, 0.3) is 0 Å². The predicted octanol–water partition coefficient (Wildman–Crippen LogP) is 6.12. The number of fused-ring (bicyclic) bond motifs is 1. The Balaban J connectivity index is 1.57. The van der Waals surface area contributed by atoms with Gasteiger partial charge in [-0.1, -0.05) is 30.3 Å². The molecule has 1 aromatic heterocycles. The van der Waals surface area contributed by atoms with E-state index in [0.717, 1.165) is 34.3 Å². The molecular formula is C26H19F3N2O. The van der Waals surface area contributed by atoms with Crippen LogP contribution < -0.4 is 0 Å². The number of hydrogen-bond acceptors (Lipinski definition) is 3. The molecule has 0 bridgehead atoms. The van der Waals surface area contributed by atoms with Crippen molar-refractivity contribution in [3.63, 3.8) is 0 Å². The Kier molecular flexibility index (Phi) is 6.20. The van der Waals surface area contributed by atoms with Crippen LogP contribution in [0, 0.1) is 28.8 Å². The molecule has 0 radical (unpaired) electrons. The summed E-state index contributed by atoms with van der Waals surface area (Å²) in [7, 11) is 1.63. The first-order valence-corrected chi connectivity index (χ1v) is 10.0. The van der Waals surface area contributed by atoms with Crippen LogP contribution >= 0.6 is 0 Å². The second-order valence-corrected chi connectivity index (χ2v) is 7.51. The van der Waals surface area contributed by atoms with Gasteiger partial charge in [0.05, 0.1) is 12.3 Å². The largest absolute Gasteiger partial charge is 0.380 e. The van der Waals surface area contributed by atoms with E-state index in [0.29, 0.717) is 23.1 Å². The van der Waals surface area contributed by atoms with Crippen LogP contribution in [0.4, 0.5) is 13.2 Å². The third-order valence-electron chi connectivity index (χ3n) is 5.36. The van der Waals surface area contributed by atoms with E-state index in [1.807, 2.05) is 30.3 Å². The molecule has 0 aliphatic carbocycles. The van der Waals surface area contributed by atoms with Gasteiger partial charge in [0.1, 0.15) is 29.1 Å². The van der Waals surface area contributed by atoms with Crippen LogP contribution in [-0.2, 0) is 24.2 Å². The van der Waals surface area contributed by atoms with E-state index in [9.17, 15) is 8.78 Å². The van der Waals surface area contributed by atoms with E-state index in [2.05, 4.69) is 4.98 Å². The molecule has 4 aromatic rings. The summed E-state index contributed by atoms with van der Waals surface area (Å²) in [6.45, 7) is 0.487. The molecule has 0 unspecified atom stereocenters. The van der Waals surface area contributed by atoms with Gasteiger partial charge in [0, 0.05) is 24.3 Å². The molecule has 160 valence electrons. The van der Waals surface area contributed by atoms with Gasteiger partial charge in [-0.25, -0.2) is 13.2 Å². The summed E-state index contributed by atoms with van der Waals surface area (Å²) in [6.07, 6.45) is 2.27. The van der Waals surface area contributed by atoms with E-state index >= 15 is 4.39 Å². The number of halogens is 3. The molecule has 0 saturated carbocycles. The van der Waals surface area contributed by atoms with Crippen molar-refractivity contribution < 1.29 is 17.9 Å². The summed E-state index contributed by atoms with van der Waals surface area (Å²) in [5.41, 5.74) is 2.84. The van der Waals surface area contributed by atoms with Crippen molar-refractivity contribution in [2.24, 2.45) is 0 Å². The lowest BCUT2D eigenvalue weighted by atomic mass is 9.98. The Morgan fingerprint density at radius 3 is 2.34 bits per heavy atom. The molecule has 0 aliphatic rings.